The van der Waals surface area contributed by atoms with Gasteiger partial charge >= 0.3 is 0 Å². The number of anilines is 2. The summed E-state index contributed by atoms with van der Waals surface area (Å²) in [7, 11) is 0. The van der Waals surface area contributed by atoms with Crippen LogP contribution in [0, 0.1) is 0 Å². The van der Waals surface area contributed by atoms with Crippen molar-refractivity contribution in [3.8, 4) is 0 Å². The first-order valence-electron chi connectivity index (χ1n) is 13.1. The summed E-state index contributed by atoms with van der Waals surface area (Å²) in [5, 5.41) is 15.0. The van der Waals surface area contributed by atoms with Gasteiger partial charge in [0.1, 0.15) is 11.3 Å². The molecule has 37 heavy (non-hydrogen) atoms. The number of hydrogen-bond acceptors (Lipinski definition) is 5. The first kappa shape index (κ1) is 23.5. The molecular formula is C32H34N4O. The zero-order valence-electron chi connectivity index (χ0n) is 22.4. The van der Waals surface area contributed by atoms with Crippen LogP contribution >= 0.6 is 0 Å². The molecule has 2 unspecified atom stereocenters. The molecule has 188 valence electrons. The van der Waals surface area contributed by atoms with Gasteiger partial charge in [-0.2, -0.15) is 10.2 Å². The van der Waals surface area contributed by atoms with Crippen molar-refractivity contribution in [2.24, 2.45) is 10.2 Å². The van der Waals surface area contributed by atoms with E-state index in [1.165, 1.54) is 16.8 Å². The molecule has 2 aliphatic rings. The summed E-state index contributed by atoms with van der Waals surface area (Å²) >= 11 is 0. The van der Waals surface area contributed by atoms with Crippen LogP contribution in [-0.2, 0) is 10.8 Å². The molecule has 2 aliphatic heterocycles. The van der Waals surface area contributed by atoms with Gasteiger partial charge in [0, 0.05) is 16.2 Å². The largest absolute Gasteiger partial charge is 0.455 e. The summed E-state index contributed by atoms with van der Waals surface area (Å²) in [5.41, 5.74) is 6.89. The number of benzene rings is 3. The Morgan fingerprint density at radius 3 is 1.84 bits per heavy atom. The van der Waals surface area contributed by atoms with Gasteiger partial charge in [0.2, 0.25) is 0 Å². The van der Waals surface area contributed by atoms with Gasteiger partial charge in [-0.25, -0.2) is 0 Å². The molecule has 0 radical (unpaired) electrons. The van der Waals surface area contributed by atoms with Gasteiger partial charge in [-0.1, -0.05) is 76.2 Å². The Morgan fingerprint density at radius 1 is 0.703 bits per heavy atom. The molecule has 0 saturated carbocycles. The fourth-order valence-corrected chi connectivity index (χ4v) is 5.70. The maximum atomic E-state index is 6.17. The van der Waals surface area contributed by atoms with E-state index in [9.17, 15) is 0 Å². The Labute approximate surface area is 219 Å². The number of nitrogens with zero attached hydrogens (tertiary/aromatic N) is 4. The van der Waals surface area contributed by atoms with Crippen molar-refractivity contribution in [2.45, 2.75) is 64.5 Å². The Balaban J connectivity index is 1.25. The molecule has 0 bridgehead atoms. The summed E-state index contributed by atoms with van der Waals surface area (Å²) < 4.78 is 6.17. The second-order valence-corrected chi connectivity index (χ2v) is 11.5. The van der Waals surface area contributed by atoms with E-state index in [0.29, 0.717) is 0 Å². The lowest BCUT2D eigenvalue weighted by molar-refractivity contribution is 0.446. The van der Waals surface area contributed by atoms with Gasteiger partial charge in [-0.05, 0) is 54.8 Å². The van der Waals surface area contributed by atoms with E-state index in [-0.39, 0.29) is 22.9 Å². The number of hydrogen-bond donors (Lipinski definition) is 0. The van der Waals surface area contributed by atoms with Crippen LogP contribution in [0.3, 0.4) is 0 Å². The predicted octanol–water partition coefficient (Wildman–Crippen LogP) is 7.47. The SMILES string of the molecule is CC1N(N=Cc2ccc3cc(C=NN4c5ccccc5C(C)(C)C4C)oc3c2)c2ccccc2C1(C)C. The maximum Gasteiger partial charge on any atom is 0.148 e. The molecule has 0 saturated heterocycles. The van der Waals surface area contributed by atoms with Crippen LogP contribution in [0.5, 0.6) is 0 Å². The summed E-state index contributed by atoms with van der Waals surface area (Å²) in [6.45, 7) is 13.6. The average molecular weight is 491 g/mol. The van der Waals surface area contributed by atoms with Gasteiger partial charge in [-0.15, -0.1) is 0 Å². The monoisotopic (exact) mass is 490 g/mol. The fourth-order valence-electron chi connectivity index (χ4n) is 5.70. The Kier molecular flexibility index (Phi) is 5.30. The number of hydrazone groups is 2. The number of para-hydroxylation sites is 2. The zero-order valence-corrected chi connectivity index (χ0v) is 22.4. The van der Waals surface area contributed by atoms with Crippen LogP contribution in [0.15, 0.2) is 87.4 Å². The van der Waals surface area contributed by atoms with Crippen LogP contribution in [0.25, 0.3) is 11.0 Å². The first-order valence-corrected chi connectivity index (χ1v) is 13.1. The quantitative estimate of drug-likeness (QED) is 0.279. The average Bonchev–Trinajstić information content (AvgIpc) is 3.45. The van der Waals surface area contributed by atoms with E-state index in [2.05, 4.69) is 112 Å². The lowest BCUT2D eigenvalue weighted by Crippen LogP contribution is -2.35. The van der Waals surface area contributed by atoms with Crippen molar-refractivity contribution < 1.29 is 4.42 Å². The molecule has 3 heterocycles. The van der Waals surface area contributed by atoms with E-state index in [1.54, 1.807) is 0 Å². The van der Waals surface area contributed by atoms with Crippen LogP contribution < -0.4 is 10.0 Å². The van der Waals surface area contributed by atoms with Crippen molar-refractivity contribution in [2.75, 3.05) is 10.0 Å². The van der Waals surface area contributed by atoms with E-state index < -0.39 is 0 Å². The molecule has 0 aliphatic carbocycles. The normalized spacial score (nSPS) is 21.9. The third-order valence-electron chi connectivity index (χ3n) is 8.72. The molecule has 0 fully saturated rings. The minimum atomic E-state index is 0.0264. The highest BCUT2D eigenvalue weighted by Crippen LogP contribution is 2.46. The third-order valence-corrected chi connectivity index (χ3v) is 8.72. The van der Waals surface area contributed by atoms with Gasteiger partial charge in [-0.3, -0.25) is 10.0 Å². The van der Waals surface area contributed by atoms with Crippen molar-refractivity contribution in [3.05, 3.63) is 95.2 Å². The van der Waals surface area contributed by atoms with Crippen LogP contribution in [0.2, 0.25) is 0 Å². The Morgan fingerprint density at radius 2 is 1.24 bits per heavy atom. The number of rotatable bonds is 4. The fraction of sp³-hybridized carbons (Fsp3) is 0.312. The van der Waals surface area contributed by atoms with Crippen LogP contribution in [0.4, 0.5) is 11.4 Å². The standard InChI is InChI=1S/C32H34N4O/c1-21-31(3,4)26-11-7-9-13-28(26)35(21)33-19-23-15-16-24-18-25(37-30(24)17-23)20-34-36-22(2)32(5,6)27-12-8-10-14-29(27)36/h7-22H,1-6H3. The Bertz CT molecular complexity index is 1470. The van der Waals surface area contributed by atoms with Gasteiger partial charge in [0.05, 0.1) is 35.9 Å². The smallest absolute Gasteiger partial charge is 0.148 e. The minimum Gasteiger partial charge on any atom is -0.455 e. The summed E-state index contributed by atoms with van der Waals surface area (Å²) in [5.74, 6) is 0.738. The van der Waals surface area contributed by atoms with Crippen LogP contribution in [-0.4, -0.2) is 24.5 Å². The van der Waals surface area contributed by atoms with Crippen molar-refractivity contribution in [1.82, 2.24) is 0 Å². The summed E-state index contributed by atoms with van der Waals surface area (Å²) in [6, 6.07) is 25.8. The van der Waals surface area contributed by atoms with Gasteiger partial charge in [0.15, 0.2) is 0 Å². The molecule has 5 nitrogen and oxygen atoms in total. The Hall–Kier alpha value is -3.86. The minimum absolute atomic E-state index is 0.0264. The lowest BCUT2D eigenvalue weighted by Gasteiger charge is -2.27. The molecular weight excluding hydrogens is 456 g/mol. The van der Waals surface area contributed by atoms with Gasteiger partial charge < -0.3 is 4.42 Å². The summed E-state index contributed by atoms with van der Waals surface area (Å²) in [6.07, 6.45) is 3.75. The molecule has 6 rings (SSSR count). The zero-order chi connectivity index (χ0) is 25.9. The van der Waals surface area contributed by atoms with E-state index in [4.69, 9.17) is 14.6 Å². The summed E-state index contributed by atoms with van der Waals surface area (Å²) in [4.78, 5) is 0. The second kappa shape index (κ2) is 8.34. The highest BCUT2D eigenvalue weighted by atomic mass is 16.3. The van der Waals surface area contributed by atoms with Crippen LogP contribution in [0.1, 0.15) is 64.0 Å². The van der Waals surface area contributed by atoms with E-state index in [0.717, 1.165) is 28.0 Å². The van der Waals surface area contributed by atoms with Crippen molar-refractivity contribution >= 4 is 34.8 Å². The molecule has 0 amide bonds. The molecule has 3 aromatic carbocycles. The molecule has 0 spiro atoms. The molecule has 5 heteroatoms. The highest BCUT2D eigenvalue weighted by Gasteiger charge is 2.42. The van der Waals surface area contributed by atoms with E-state index in [1.807, 2.05) is 24.6 Å². The molecule has 4 aromatic rings. The lowest BCUT2D eigenvalue weighted by atomic mass is 9.81. The van der Waals surface area contributed by atoms with Crippen molar-refractivity contribution in [3.63, 3.8) is 0 Å². The second-order valence-electron chi connectivity index (χ2n) is 11.5. The number of furan rings is 1. The highest BCUT2D eigenvalue weighted by molar-refractivity contribution is 5.92. The topological polar surface area (TPSA) is 44.3 Å². The van der Waals surface area contributed by atoms with Crippen molar-refractivity contribution in [1.29, 1.82) is 0 Å². The first-order chi connectivity index (χ1) is 17.7. The third kappa shape index (κ3) is 3.67. The molecule has 0 N–H and O–H groups in total. The molecule has 2 atom stereocenters. The van der Waals surface area contributed by atoms with Gasteiger partial charge in [0.25, 0.3) is 0 Å². The van der Waals surface area contributed by atoms with E-state index >= 15 is 0 Å². The number of fused-ring (bicyclic) bond motifs is 3. The predicted molar refractivity (Wildman–Crippen MR) is 154 cm³/mol. The molecule has 1 aromatic heterocycles. The maximum absolute atomic E-state index is 6.17.